The number of amides is 1. The zero-order valence-electron chi connectivity index (χ0n) is 13.3. The molecule has 6 nitrogen and oxygen atoms in total. The van der Waals surface area contributed by atoms with Crippen LogP contribution < -0.4 is 10.6 Å². The Kier molecular flexibility index (Phi) is 5.78. The molecule has 0 radical (unpaired) electrons. The molecule has 0 spiro atoms. The average Bonchev–Trinajstić information content (AvgIpc) is 3.09. The van der Waals surface area contributed by atoms with Crippen LogP contribution in [-0.2, 0) is 4.79 Å². The minimum absolute atomic E-state index is 0.144. The summed E-state index contributed by atoms with van der Waals surface area (Å²) < 4.78 is 14.2. The first-order valence-electron chi connectivity index (χ1n) is 7.42. The number of benzene rings is 2. The van der Waals surface area contributed by atoms with E-state index in [4.69, 9.17) is 5.26 Å². The Balaban J connectivity index is 1.53. The summed E-state index contributed by atoms with van der Waals surface area (Å²) in [6.07, 6.45) is 0. The van der Waals surface area contributed by atoms with Crippen LogP contribution in [-0.4, -0.2) is 21.9 Å². The van der Waals surface area contributed by atoms with Crippen LogP contribution >= 0.6 is 23.1 Å². The van der Waals surface area contributed by atoms with E-state index in [1.54, 1.807) is 42.5 Å². The van der Waals surface area contributed by atoms with Gasteiger partial charge in [-0.05, 0) is 30.3 Å². The average molecular weight is 385 g/mol. The fourth-order valence-electron chi connectivity index (χ4n) is 1.99. The maximum Gasteiger partial charge on any atom is 0.234 e. The topological polar surface area (TPSA) is 90.7 Å². The van der Waals surface area contributed by atoms with Gasteiger partial charge in [-0.3, -0.25) is 4.79 Å². The third kappa shape index (κ3) is 4.78. The number of nitrogens with one attached hydrogen (secondary N) is 2. The van der Waals surface area contributed by atoms with E-state index < -0.39 is 0 Å². The Morgan fingerprint density at radius 3 is 2.88 bits per heavy atom. The lowest BCUT2D eigenvalue weighted by Crippen LogP contribution is -2.13. The molecule has 0 saturated carbocycles. The van der Waals surface area contributed by atoms with Gasteiger partial charge in [-0.15, -0.1) is 10.2 Å². The lowest BCUT2D eigenvalue weighted by atomic mass is 10.2. The molecular formula is C17H12FN5OS2. The largest absolute Gasteiger partial charge is 0.328 e. The van der Waals surface area contributed by atoms with Gasteiger partial charge in [-0.2, -0.15) is 5.26 Å². The molecule has 0 fully saturated rings. The Bertz CT molecular complexity index is 970. The number of hydrogen-bond acceptors (Lipinski definition) is 7. The van der Waals surface area contributed by atoms with Crippen LogP contribution in [0, 0.1) is 17.1 Å². The molecule has 0 aliphatic carbocycles. The van der Waals surface area contributed by atoms with Crippen LogP contribution in [0.5, 0.6) is 0 Å². The van der Waals surface area contributed by atoms with Gasteiger partial charge in [0.25, 0.3) is 0 Å². The van der Waals surface area contributed by atoms with Crippen molar-refractivity contribution in [2.24, 2.45) is 0 Å². The highest BCUT2D eigenvalue weighted by molar-refractivity contribution is 8.01. The minimum Gasteiger partial charge on any atom is -0.328 e. The van der Waals surface area contributed by atoms with E-state index in [1.165, 1.54) is 29.2 Å². The van der Waals surface area contributed by atoms with Gasteiger partial charge < -0.3 is 10.6 Å². The molecule has 26 heavy (non-hydrogen) atoms. The van der Waals surface area contributed by atoms with Gasteiger partial charge >= 0.3 is 0 Å². The summed E-state index contributed by atoms with van der Waals surface area (Å²) in [5.74, 6) is -0.453. The number of halogens is 1. The summed E-state index contributed by atoms with van der Waals surface area (Å²) >= 11 is 2.46. The molecule has 0 atom stereocenters. The Hall–Kier alpha value is -2.96. The number of carbonyl (C=O) groups excluding carboxylic acids is 1. The lowest BCUT2D eigenvalue weighted by molar-refractivity contribution is -0.113. The normalized spacial score (nSPS) is 10.2. The highest BCUT2D eigenvalue weighted by Gasteiger charge is 2.10. The van der Waals surface area contributed by atoms with Crippen molar-refractivity contribution in [3.63, 3.8) is 0 Å². The lowest BCUT2D eigenvalue weighted by Gasteiger charge is -2.04. The monoisotopic (exact) mass is 385 g/mol. The molecule has 0 unspecified atom stereocenters. The van der Waals surface area contributed by atoms with Crippen molar-refractivity contribution in [1.29, 1.82) is 5.26 Å². The summed E-state index contributed by atoms with van der Waals surface area (Å²) in [5, 5.41) is 22.8. The van der Waals surface area contributed by atoms with Crippen molar-refractivity contribution in [2.75, 3.05) is 16.4 Å². The van der Waals surface area contributed by atoms with Gasteiger partial charge in [0.15, 0.2) is 4.34 Å². The third-order valence-electron chi connectivity index (χ3n) is 3.12. The first-order valence-corrected chi connectivity index (χ1v) is 9.22. The number of thioether (sulfide) groups is 1. The minimum atomic E-state index is -0.379. The molecule has 130 valence electrons. The molecular weight excluding hydrogens is 373 g/mol. The zero-order chi connectivity index (χ0) is 18.4. The number of rotatable bonds is 6. The number of para-hydroxylation sites is 1. The van der Waals surface area contributed by atoms with Gasteiger partial charge in [-0.25, -0.2) is 4.39 Å². The van der Waals surface area contributed by atoms with E-state index in [9.17, 15) is 9.18 Å². The number of nitriles is 1. The molecule has 1 amide bonds. The molecule has 2 aromatic carbocycles. The van der Waals surface area contributed by atoms with E-state index in [0.717, 1.165) is 0 Å². The zero-order valence-corrected chi connectivity index (χ0v) is 14.9. The second-order valence-electron chi connectivity index (χ2n) is 5.01. The first kappa shape index (κ1) is 17.8. The Morgan fingerprint density at radius 1 is 1.23 bits per heavy atom. The molecule has 0 saturated heterocycles. The second-order valence-corrected chi connectivity index (χ2v) is 7.21. The summed E-state index contributed by atoms with van der Waals surface area (Å²) in [6.45, 7) is 0. The second kappa shape index (κ2) is 8.42. The highest BCUT2D eigenvalue weighted by Crippen LogP contribution is 2.28. The SMILES string of the molecule is N#Cc1cccc(NC(=O)CSc2nnc(Nc3ccccc3F)s2)c1. The standard InChI is InChI=1S/C17H12FN5OS2/c18-13-6-1-2-7-14(13)21-16-22-23-17(26-16)25-10-15(24)20-12-5-3-4-11(8-12)9-19/h1-8H,10H2,(H,20,24)(H,21,22). The summed E-state index contributed by atoms with van der Waals surface area (Å²) in [7, 11) is 0. The molecule has 1 aromatic heterocycles. The van der Waals surface area contributed by atoms with E-state index in [-0.39, 0.29) is 17.5 Å². The van der Waals surface area contributed by atoms with Crippen molar-refractivity contribution < 1.29 is 9.18 Å². The van der Waals surface area contributed by atoms with Crippen LogP contribution in [0.1, 0.15) is 5.56 Å². The molecule has 1 heterocycles. The number of hydrogen-bond donors (Lipinski definition) is 2. The fourth-order valence-corrected chi connectivity index (χ4v) is 3.55. The Morgan fingerprint density at radius 2 is 2.08 bits per heavy atom. The summed E-state index contributed by atoms with van der Waals surface area (Å²) in [6, 6.07) is 15.0. The van der Waals surface area contributed by atoms with E-state index >= 15 is 0 Å². The highest BCUT2D eigenvalue weighted by atomic mass is 32.2. The maximum absolute atomic E-state index is 13.6. The van der Waals surface area contributed by atoms with Crippen molar-refractivity contribution in [2.45, 2.75) is 4.34 Å². The number of carbonyl (C=O) groups is 1. The van der Waals surface area contributed by atoms with Crippen LogP contribution in [0.25, 0.3) is 0 Å². The maximum atomic E-state index is 13.6. The van der Waals surface area contributed by atoms with Crippen molar-refractivity contribution in [1.82, 2.24) is 10.2 Å². The quantitative estimate of drug-likeness (QED) is 0.623. The molecule has 0 bridgehead atoms. The molecule has 0 aliphatic heterocycles. The molecule has 9 heteroatoms. The van der Waals surface area contributed by atoms with Gasteiger partial charge in [0.05, 0.1) is 23.1 Å². The smallest absolute Gasteiger partial charge is 0.234 e. The fraction of sp³-hybridized carbons (Fsp3) is 0.0588. The summed E-state index contributed by atoms with van der Waals surface area (Å²) in [4.78, 5) is 12.0. The predicted molar refractivity (Wildman–Crippen MR) is 100 cm³/mol. The van der Waals surface area contributed by atoms with E-state index in [1.807, 2.05) is 6.07 Å². The number of nitrogens with zero attached hydrogens (tertiary/aromatic N) is 3. The molecule has 2 N–H and O–H groups in total. The van der Waals surface area contributed by atoms with Crippen LogP contribution in [0.15, 0.2) is 52.9 Å². The third-order valence-corrected chi connectivity index (χ3v) is 5.10. The van der Waals surface area contributed by atoms with Crippen LogP contribution in [0.3, 0.4) is 0 Å². The van der Waals surface area contributed by atoms with Gasteiger partial charge in [0, 0.05) is 5.69 Å². The number of anilines is 3. The summed E-state index contributed by atoms with van der Waals surface area (Å²) in [5.41, 5.74) is 1.35. The van der Waals surface area contributed by atoms with Crippen molar-refractivity contribution >= 4 is 45.5 Å². The first-order chi connectivity index (χ1) is 12.6. The van der Waals surface area contributed by atoms with Crippen molar-refractivity contribution in [3.8, 4) is 6.07 Å². The predicted octanol–water partition coefficient (Wildman–Crippen LogP) is 4.02. The molecule has 3 rings (SSSR count). The van der Waals surface area contributed by atoms with Crippen LogP contribution in [0.2, 0.25) is 0 Å². The molecule has 0 aliphatic rings. The van der Waals surface area contributed by atoms with Gasteiger partial charge in [0.1, 0.15) is 5.82 Å². The van der Waals surface area contributed by atoms with E-state index in [0.29, 0.717) is 26.4 Å². The Labute approximate surface area is 157 Å². The van der Waals surface area contributed by atoms with Gasteiger partial charge in [-0.1, -0.05) is 41.3 Å². The van der Waals surface area contributed by atoms with E-state index in [2.05, 4.69) is 20.8 Å². The number of aromatic nitrogens is 2. The van der Waals surface area contributed by atoms with Crippen molar-refractivity contribution in [3.05, 3.63) is 59.9 Å². The van der Waals surface area contributed by atoms with Crippen LogP contribution in [0.4, 0.5) is 20.9 Å². The van der Waals surface area contributed by atoms with Gasteiger partial charge in [0.2, 0.25) is 11.0 Å². The molecule has 3 aromatic rings.